The highest BCUT2D eigenvalue weighted by molar-refractivity contribution is 5.95. The van der Waals surface area contributed by atoms with Crippen LogP contribution in [0, 0.1) is 0 Å². The fourth-order valence-electron chi connectivity index (χ4n) is 3.49. The molecule has 1 unspecified atom stereocenters. The maximum Gasteiger partial charge on any atom is 0.416 e. The zero-order valence-electron chi connectivity index (χ0n) is 15.5. The molecule has 1 aliphatic carbocycles. The van der Waals surface area contributed by atoms with E-state index < -0.39 is 29.1 Å². The monoisotopic (exact) mass is 401 g/mol. The highest BCUT2D eigenvalue weighted by Gasteiger charge is 2.39. The fraction of sp³-hybridized carbons (Fsp3) is 0.286. The van der Waals surface area contributed by atoms with Gasteiger partial charge in [0.15, 0.2) is 5.69 Å². The molecule has 1 atom stereocenters. The van der Waals surface area contributed by atoms with Gasteiger partial charge in [-0.15, -0.1) is 0 Å². The number of carbonyl (C=O) groups is 1. The van der Waals surface area contributed by atoms with Crippen LogP contribution in [0.4, 0.5) is 13.2 Å². The Labute approximate surface area is 164 Å². The third kappa shape index (κ3) is 3.62. The summed E-state index contributed by atoms with van der Waals surface area (Å²) in [5.41, 5.74) is -0.650. The van der Waals surface area contributed by atoms with Crippen molar-refractivity contribution >= 4 is 16.8 Å². The molecule has 0 bridgehead atoms. The molecular formula is C21H18F3N3O2. The molecule has 1 aromatic heterocycles. The summed E-state index contributed by atoms with van der Waals surface area (Å²) in [6.07, 6.45) is -3.00. The number of nitrogens with one attached hydrogen (secondary N) is 1. The van der Waals surface area contributed by atoms with E-state index in [-0.39, 0.29) is 11.7 Å². The summed E-state index contributed by atoms with van der Waals surface area (Å²) >= 11 is 0. The third-order valence-corrected chi connectivity index (χ3v) is 5.17. The van der Waals surface area contributed by atoms with Gasteiger partial charge < -0.3 is 4.90 Å². The minimum absolute atomic E-state index is 0.125. The number of benzene rings is 2. The first-order valence-corrected chi connectivity index (χ1v) is 9.24. The van der Waals surface area contributed by atoms with Crippen LogP contribution in [-0.4, -0.2) is 27.0 Å². The quantitative estimate of drug-likeness (QED) is 0.709. The predicted octanol–water partition coefficient (Wildman–Crippen LogP) is 4.31. The number of hydrogen-bond acceptors (Lipinski definition) is 3. The standard InChI is InChI=1S/C21H18F3N3O2/c1-12(13-5-4-6-14(11-13)21(22,23)24)27(15-9-10-15)20(29)18-19(28)16-7-2-3-8-17(16)25-26-18/h2-8,11-12,15H,9-10H2,1H3,(H,25,28). The van der Waals surface area contributed by atoms with Crippen LogP contribution in [0.2, 0.25) is 0 Å². The second-order valence-electron chi connectivity index (χ2n) is 7.19. The highest BCUT2D eigenvalue weighted by atomic mass is 19.4. The van der Waals surface area contributed by atoms with E-state index in [4.69, 9.17) is 0 Å². The second kappa shape index (κ2) is 7.02. The normalized spacial score (nSPS) is 15.3. The summed E-state index contributed by atoms with van der Waals surface area (Å²) in [5.74, 6) is -0.579. The number of alkyl halides is 3. The Kier molecular flexibility index (Phi) is 4.64. The number of halogens is 3. The zero-order chi connectivity index (χ0) is 20.8. The number of nitrogens with zero attached hydrogens (tertiary/aromatic N) is 2. The lowest BCUT2D eigenvalue weighted by atomic mass is 10.0. The molecule has 1 saturated carbocycles. The average Bonchev–Trinajstić information content (AvgIpc) is 3.53. The van der Waals surface area contributed by atoms with E-state index in [2.05, 4.69) is 10.2 Å². The third-order valence-electron chi connectivity index (χ3n) is 5.17. The van der Waals surface area contributed by atoms with Crippen LogP contribution in [0.3, 0.4) is 0 Å². The minimum Gasteiger partial charge on any atom is -0.327 e. The Morgan fingerprint density at radius 1 is 1.17 bits per heavy atom. The van der Waals surface area contributed by atoms with Gasteiger partial charge in [0.05, 0.1) is 17.1 Å². The molecular weight excluding hydrogens is 383 g/mol. The van der Waals surface area contributed by atoms with Gasteiger partial charge in [-0.3, -0.25) is 14.7 Å². The van der Waals surface area contributed by atoms with Gasteiger partial charge in [-0.05, 0) is 49.6 Å². The molecule has 2 aromatic carbocycles. The molecule has 29 heavy (non-hydrogen) atoms. The first-order valence-electron chi connectivity index (χ1n) is 9.24. The molecule has 8 heteroatoms. The Morgan fingerprint density at radius 3 is 2.59 bits per heavy atom. The van der Waals surface area contributed by atoms with Crippen molar-refractivity contribution in [1.82, 2.24) is 15.1 Å². The Morgan fingerprint density at radius 2 is 1.90 bits per heavy atom. The van der Waals surface area contributed by atoms with Crippen molar-refractivity contribution in [1.29, 1.82) is 0 Å². The molecule has 1 fully saturated rings. The highest BCUT2D eigenvalue weighted by Crippen LogP contribution is 2.37. The van der Waals surface area contributed by atoms with Crippen molar-refractivity contribution in [2.24, 2.45) is 0 Å². The first-order chi connectivity index (χ1) is 13.8. The van der Waals surface area contributed by atoms with Crippen molar-refractivity contribution in [2.75, 3.05) is 0 Å². The molecule has 150 valence electrons. The van der Waals surface area contributed by atoms with Crippen molar-refractivity contribution in [2.45, 2.75) is 38.0 Å². The molecule has 0 saturated heterocycles. The van der Waals surface area contributed by atoms with E-state index in [1.807, 2.05) is 0 Å². The van der Waals surface area contributed by atoms with Crippen molar-refractivity contribution in [3.63, 3.8) is 0 Å². The smallest absolute Gasteiger partial charge is 0.327 e. The summed E-state index contributed by atoms with van der Waals surface area (Å²) in [6, 6.07) is 10.9. The fourth-order valence-corrected chi connectivity index (χ4v) is 3.49. The molecule has 3 aromatic rings. The maximum absolute atomic E-state index is 13.2. The summed E-state index contributed by atoms with van der Waals surface area (Å²) < 4.78 is 39.3. The summed E-state index contributed by atoms with van der Waals surface area (Å²) in [7, 11) is 0. The zero-order valence-corrected chi connectivity index (χ0v) is 15.5. The van der Waals surface area contributed by atoms with E-state index in [1.54, 1.807) is 37.3 Å². The largest absolute Gasteiger partial charge is 0.416 e. The maximum atomic E-state index is 13.2. The number of H-pyrrole nitrogens is 1. The molecule has 0 radical (unpaired) electrons. The summed E-state index contributed by atoms with van der Waals surface area (Å²) in [4.78, 5) is 27.5. The Hall–Kier alpha value is -3.16. The molecule has 0 aliphatic heterocycles. The van der Waals surface area contributed by atoms with Gasteiger partial charge in [-0.1, -0.05) is 24.3 Å². The molecule has 5 nitrogen and oxygen atoms in total. The van der Waals surface area contributed by atoms with E-state index in [1.165, 1.54) is 11.0 Å². The van der Waals surface area contributed by atoms with E-state index in [9.17, 15) is 22.8 Å². The van der Waals surface area contributed by atoms with Gasteiger partial charge in [0.25, 0.3) is 5.91 Å². The Balaban J connectivity index is 1.73. The number of para-hydroxylation sites is 1. The molecule has 0 spiro atoms. The first kappa shape index (κ1) is 19.2. The van der Waals surface area contributed by atoms with E-state index >= 15 is 0 Å². The predicted molar refractivity (Wildman–Crippen MR) is 101 cm³/mol. The number of amides is 1. The van der Waals surface area contributed by atoms with Crippen LogP contribution in [0.15, 0.2) is 53.3 Å². The summed E-state index contributed by atoms with van der Waals surface area (Å²) in [5, 5.41) is 7.02. The van der Waals surface area contributed by atoms with Crippen LogP contribution in [0.5, 0.6) is 0 Å². The van der Waals surface area contributed by atoms with Gasteiger partial charge >= 0.3 is 6.18 Å². The van der Waals surface area contributed by atoms with Crippen LogP contribution in [0.1, 0.15) is 47.4 Å². The van der Waals surface area contributed by atoms with Crippen molar-refractivity contribution < 1.29 is 18.0 Å². The number of rotatable bonds is 4. The number of aromatic amines is 1. The van der Waals surface area contributed by atoms with Crippen molar-refractivity contribution in [3.05, 3.63) is 75.6 Å². The number of aromatic nitrogens is 2. The van der Waals surface area contributed by atoms with Gasteiger partial charge in [-0.2, -0.15) is 18.3 Å². The number of fused-ring (bicyclic) bond motifs is 1. The van der Waals surface area contributed by atoms with Crippen LogP contribution >= 0.6 is 0 Å². The lowest BCUT2D eigenvalue weighted by molar-refractivity contribution is -0.137. The van der Waals surface area contributed by atoms with Crippen LogP contribution < -0.4 is 5.43 Å². The molecule has 1 aliphatic rings. The van der Waals surface area contributed by atoms with E-state index in [0.29, 0.717) is 16.5 Å². The molecule has 1 N–H and O–H groups in total. The Bertz CT molecular complexity index is 1140. The molecule has 1 amide bonds. The van der Waals surface area contributed by atoms with Gasteiger partial charge in [0, 0.05) is 11.4 Å². The number of carbonyl (C=O) groups excluding carboxylic acids is 1. The summed E-state index contributed by atoms with van der Waals surface area (Å²) in [6.45, 7) is 1.67. The molecule has 4 rings (SSSR count). The topological polar surface area (TPSA) is 66.1 Å². The van der Waals surface area contributed by atoms with E-state index in [0.717, 1.165) is 25.0 Å². The number of hydrogen-bond donors (Lipinski definition) is 1. The lowest BCUT2D eigenvalue weighted by Crippen LogP contribution is -2.39. The molecule has 1 heterocycles. The second-order valence-corrected chi connectivity index (χ2v) is 7.19. The average molecular weight is 401 g/mol. The van der Waals surface area contributed by atoms with Gasteiger partial charge in [0.2, 0.25) is 5.43 Å². The lowest BCUT2D eigenvalue weighted by Gasteiger charge is -2.29. The van der Waals surface area contributed by atoms with Crippen LogP contribution in [-0.2, 0) is 6.18 Å². The van der Waals surface area contributed by atoms with Crippen molar-refractivity contribution in [3.8, 4) is 0 Å². The van der Waals surface area contributed by atoms with Gasteiger partial charge in [0.1, 0.15) is 0 Å². The SMILES string of the molecule is CC(c1cccc(C(F)(F)F)c1)N(C(=O)c1n[nH]c2ccccc2c1=O)C1CC1. The van der Waals surface area contributed by atoms with Gasteiger partial charge in [-0.25, -0.2) is 0 Å². The van der Waals surface area contributed by atoms with Crippen LogP contribution in [0.25, 0.3) is 10.9 Å². The minimum atomic E-state index is -4.47.